The SMILES string of the molecule is COc1cc(N(C)C(C)CC#N)c(F)cc1N. The van der Waals surface area contributed by atoms with Gasteiger partial charge in [-0.25, -0.2) is 4.39 Å². The molecule has 1 rings (SSSR count). The molecule has 4 nitrogen and oxygen atoms in total. The van der Waals surface area contributed by atoms with Crippen LogP contribution in [0.15, 0.2) is 12.1 Å². The maximum atomic E-state index is 13.8. The number of ether oxygens (including phenoxy) is 1. The van der Waals surface area contributed by atoms with E-state index in [1.54, 1.807) is 18.0 Å². The van der Waals surface area contributed by atoms with Gasteiger partial charge in [-0.3, -0.25) is 0 Å². The molecule has 0 radical (unpaired) electrons. The summed E-state index contributed by atoms with van der Waals surface area (Å²) in [5.74, 6) is 0.00741. The van der Waals surface area contributed by atoms with E-state index in [2.05, 4.69) is 6.07 Å². The third-order valence-corrected chi connectivity index (χ3v) is 2.73. The zero-order valence-corrected chi connectivity index (χ0v) is 10.2. The molecular weight excluding hydrogens is 221 g/mol. The van der Waals surface area contributed by atoms with Gasteiger partial charge in [-0.1, -0.05) is 0 Å². The van der Waals surface area contributed by atoms with Crippen molar-refractivity contribution in [2.24, 2.45) is 0 Å². The summed E-state index contributed by atoms with van der Waals surface area (Å²) >= 11 is 0. The second-order valence-corrected chi connectivity index (χ2v) is 3.87. The summed E-state index contributed by atoms with van der Waals surface area (Å²) in [7, 11) is 3.21. The average molecular weight is 237 g/mol. The molecule has 0 aliphatic carbocycles. The minimum absolute atomic E-state index is 0.0807. The quantitative estimate of drug-likeness (QED) is 0.815. The maximum absolute atomic E-state index is 13.8. The highest BCUT2D eigenvalue weighted by Gasteiger charge is 2.16. The Kier molecular flexibility index (Phi) is 4.16. The summed E-state index contributed by atoms with van der Waals surface area (Å²) in [5.41, 5.74) is 6.23. The topological polar surface area (TPSA) is 62.3 Å². The van der Waals surface area contributed by atoms with E-state index in [0.717, 1.165) is 0 Å². The number of halogens is 1. The van der Waals surface area contributed by atoms with E-state index in [1.807, 2.05) is 6.92 Å². The Morgan fingerprint density at radius 1 is 1.59 bits per heavy atom. The van der Waals surface area contributed by atoms with Crippen molar-refractivity contribution in [2.45, 2.75) is 19.4 Å². The first-order valence-electron chi connectivity index (χ1n) is 5.24. The van der Waals surface area contributed by atoms with Gasteiger partial charge in [-0.05, 0) is 6.92 Å². The fraction of sp³-hybridized carbons (Fsp3) is 0.417. The summed E-state index contributed by atoms with van der Waals surface area (Å²) in [4.78, 5) is 1.69. The van der Waals surface area contributed by atoms with Gasteiger partial charge in [0.1, 0.15) is 11.6 Å². The molecule has 0 amide bonds. The molecule has 0 bridgehead atoms. The standard InChI is InChI=1S/C12H16FN3O/c1-8(4-5-14)16(2)11-7-12(17-3)10(15)6-9(11)13/h6-8H,4,15H2,1-3H3. The smallest absolute Gasteiger partial charge is 0.148 e. The molecule has 2 N–H and O–H groups in total. The van der Waals surface area contributed by atoms with Gasteiger partial charge in [0.2, 0.25) is 0 Å². The number of nitrogen functional groups attached to an aromatic ring is 1. The van der Waals surface area contributed by atoms with Crippen LogP contribution in [0.25, 0.3) is 0 Å². The Morgan fingerprint density at radius 3 is 2.76 bits per heavy atom. The number of anilines is 2. The molecule has 0 saturated carbocycles. The first-order chi connectivity index (χ1) is 8.01. The molecule has 5 heteroatoms. The van der Waals surface area contributed by atoms with Gasteiger partial charge < -0.3 is 15.4 Å². The summed E-state index contributed by atoms with van der Waals surface area (Å²) in [5, 5.41) is 8.63. The lowest BCUT2D eigenvalue weighted by Crippen LogP contribution is -2.29. The third kappa shape index (κ3) is 2.78. The fourth-order valence-electron chi connectivity index (χ4n) is 1.51. The van der Waals surface area contributed by atoms with Gasteiger partial charge in [0.25, 0.3) is 0 Å². The van der Waals surface area contributed by atoms with Crippen LogP contribution in [0, 0.1) is 17.1 Å². The monoisotopic (exact) mass is 237 g/mol. The predicted molar refractivity (Wildman–Crippen MR) is 65.5 cm³/mol. The molecule has 0 spiro atoms. The van der Waals surface area contributed by atoms with Gasteiger partial charge in [0.05, 0.1) is 31.0 Å². The van der Waals surface area contributed by atoms with Crippen LogP contribution in [0.1, 0.15) is 13.3 Å². The van der Waals surface area contributed by atoms with Crippen LogP contribution in [-0.2, 0) is 0 Å². The lowest BCUT2D eigenvalue weighted by molar-refractivity contribution is 0.416. The number of methoxy groups -OCH3 is 1. The van der Waals surface area contributed by atoms with Crippen molar-refractivity contribution >= 4 is 11.4 Å². The molecule has 1 atom stereocenters. The van der Waals surface area contributed by atoms with Gasteiger partial charge in [0, 0.05) is 25.2 Å². The Labute approximate surface area is 100 Å². The van der Waals surface area contributed by atoms with Crippen LogP contribution in [0.4, 0.5) is 15.8 Å². The second kappa shape index (κ2) is 5.39. The average Bonchev–Trinajstić information content (AvgIpc) is 2.29. The molecule has 0 saturated heterocycles. The van der Waals surface area contributed by atoms with Gasteiger partial charge >= 0.3 is 0 Å². The molecule has 0 aliphatic rings. The van der Waals surface area contributed by atoms with E-state index in [-0.39, 0.29) is 11.7 Å². The third-order valence-electron chi connectivity index (χ3n) is 2.73. The molecule has 0 aromatic heterocycles. The van der Waals surface area contributed by atoms with E-state index in [9.17, 15) is 4.39 Å². The number of rotatable bonds is 4. The number of nitriles is 1. The van der Waals surface area contributed by atoms with Crippen LogP contribution in [0.3, 0.4) is 0 Å². The largest absolute Gasteiger partial charge is 0.495 e. The Hall–Kier alpha value is -1.96. The van der Waals surface area contributed by atoms with Crippen LogP contribution < -0.4 is 15.4 Å². The number of benzene rings is 1. The first-order valence-corrected chi connectivity index (χ1v) is 5.24. The maximum Gasteiger partial charge on any atom is 0.148 e. The van der Waals surface area contributed by atoms with Crippen molar-refractivity contribution in [3.05, 3.63) is 17.9 Å². The van der Waals surface area contributed by atoms with Crippen molar-refractivity contribution in [1.82, 2.24) is 0 Å². The van der Waals surface area contributed by atoms with Crippen molar-refractivity contribution in [3.8, 4) is 11.8 Å². The highest BCUT2D eigenvalue weighted by Crippen LogP contribution is 2.31. The molecule has 1 unspecified atom stereocenters. The highest BCUT2D eigenvalue weighted by molar-refractivity contribution is 5.63. The number of nitrogens with zero attached hydrogens (tertiary/aromatic N) is 2. The van der Waals surface area contributed by atoms with Crippen LogP contribution in [0.2, 0.25) is 0 Å². The zero-order chi connectivity index (χ0) is 13.0. The van der Waals surface area contributed by atoms with Crippen molar-refractivity contribution < 1.29 is 9.13 Å². The minimum Gasteiger partial charge on any atom is -0.495 e. The summed E-state index contributed by atoms with van der Waals surface area (Å²) in [6.07, 6.45) is 0.322. The first kappa shape index (κ1) is 13.1. The number of hydrogen-bond donors (Lipinski definition) is 1. The highest BCUT2D eigenvalue weighted by atomic mass is 19.1. The van der Waals surface area contributed by atoms with Crippen molar-refractivity contribution in [1.29, 1.82) is 5.26 Å². The molecule has 0 heterocycles. The van der Waals surface area contributed by atoms with Crippen molar-refractivity contribution in [2.75, 3.05) is 24.8 Å². The lowest BCUT2D eigenvalue weighted by atomic mass is 10.1. The van der Waals surface area contributed by atoms with Crippen LogP contribution >= 0.6 is 0 Å². The fourth-order valence-corrected chi connectivity index (χ4v) is 1.51. The van der Waals surface area contributed by atoms with Gasteiger partial charge in [-0.15, -0.1) is 0 Å². The number of nitrogens with two attached hydrogens (primary N) is 1. The minimum atomic E-state index is -0.421. The zero-order valence-electron chi connectivity index (χ0n) is 10.2. The normalized spacial score (nSPS) is 11.7. The van der Waals surface area contributed by atoms with Gasteiger partial charge in [-0.2, -0.15) is 5.26 Å². The van der Waals surface area contributed by atoms with Gasteiger partial charge in [0.15, 0.2) is 0 Å². The van der Waals surface area contributed by atoms with Crippen LogP contribution in [-0.4, -0.2) is 20.2 Å². The lowest BCUT2D eigenvalue weighted by Gasteiger charge is -2.26. The van der Waals surface area contributed by atoms with E-state index in [0.29, 0.717) is 17.9 Å². The van der Waals surface area contributed by atoms with E-state index >= 15 is 0 Å². The summed E-state index contributed by atoms with van der Waals surface area (Å²) in [6, 6.07) is 4.74. The Balaban J connectivity index is 3.09. The van der Waals surface area contributed by atoms with Crippen molar-refractivity contribution in [3.63, 3.8) is 0 Å². The number of hydrogen-bond acceptors (Lipinski definition) is 4. The molecule has 0 aliphatic heterocycles. The molecular formula is C12H16FN3O. The second-order valence-electron chi connectivity index (χ2n) is 3.87. The summed E-state index contributed by atoms with van der Waals surface area (Å²) in [6.45, 7) is 1.85. The molecule has 92 valence electrons. The van der Waals surface area contributed by atoms with Crippen LogP contribution in [0.5, 0.6) is 5.75 Å². The van der Waals surface area contributed by atoms with E-state index in [4.69, 9.17) is 15.7 Å². The molecule has 1 aromatic rings. The Bertz CT molecular complexity index is 442. The predicted octanol–water partition coefficient (Wildman–Crippen LogP) is 2.15. The molecule has 0 fully saturated rings. The van der Waals surface area contributed by atoms with E-state index in [1.165, 1.54) is 13.2 Å². The van der Waals surface area contributed by atoms with E-state index < -0.39 is 5.82 Å². The molecule has 17 heavy (non-hydrogen) atoms. The molecule has 1 aromatic carbocycles. The summed E-state index contributed by atoms with van der Waals surface area (Å²) < 4.78 is 18.8. The Morgan fingerprint density at radius 2 is 2.24 bits per heavy atom.